The van der Waals surface area contributed by atoms with Crippen molar-refractivity contribution in [2.24, 2.45) is 0 Å². The van der Waals surface area contributed by atoms with Crippen LogP contribution in [0.1, 0.15) is 5.56 Å². The molecule has 7 nitrogen and oxygen atoms in total. The first kappa shape index (κ1) is 20.3. The van der Waals surface area contributed by atoms with E-state index in [4.69, 9.17) is 16.3 Å². The van der Waals surface area contributed by atoms with Gasteiger partial charge in [0.15, 0.2) is 10.8 Å². The zero-order valence-electron chi connectivity index (χ0n) is 15.2. The fraction of sp³-hybridized carbons (Fsp3) is 0.263. The largest absolute Gasteiger partial charge is 0.383 e. The van der Waals surface area contributed by atoms with E-state index in [1.807, 2.05) is 12.1 Å². The number of nitrogens with one attached hydrogen (secondary N) is 1. The van der Waals surface area contributed by atoms with E-state index in [2.05, 4.69) is 15.3 Å². The summed E-state index contributed by atoms with van der Waals surface area (Å²) < 4.78 is 6.61. The van der Waals surface area contributed by atoms with Gasteiger partial charge >= 0.3 is 0 Å². The molecule has 3 aromatic rings. The number of hydrogen-bond acceptors (Lipinski definition) is 6. The average Bonchev–Trinajstić information content (AvgIpc) is 2.71. The Labute approximate surface area is 171 Å². The lowest BCUT2D eigenvalue weighted by Crippen LogP contribution is -2.27. The molecule has 2 aromatic heterocycles. The highest BCUT2D eigenvalue weighted by molar-refractivity contribution is 7.99. The van der Waals surface area contributed by atoms with E-state index >= 15 is 0 Å². The van der Waals surface area contributed by atoms with Crippen molar-refractivity contribution in [3.8, 4) is 0 Å². The van der Waals surface area contributed by atoms with E-state index in [0.29, 0.717) is 40.9 Å². The van der Waals surface area contributed by atoms with Crippen molar-refractivity contribution in [2.75, 3.05) is 19.5 Å². The summed E-state index contributed by atoms with van der Waals surface area (Å²) >= 11 is 7.05. The Hall–Kier alpha value is -2.42. The Morgan fingerprint density at radius 2 is 2.07 bits per heavy atom. The van der Waals surface area contributed by atoms with Gasteiger partial charge in [-0.2, -0.15) is 0 Å². The zero-order valence-corrected chi connectivity index (χ0v) is 16.8. The third kappa shape index (κ3) is 5.09. The van der Waals surface area contributed by atoms with Crippen LogP contribution in [0.4, 0.5) is 0 Å². The summed E-state index contributed by atoms with van der Waals surface area (Å²) in [6, 6.07) is 10.7. The molecule has 0 atom stereocenters. The van der Waals surface area contributed by atoms with Gasteiger partial charge in [0.05, 0.1) is 24.3 Å². The predicted molar refractivity (Wildman–Crippen MR) is 110 cm³/mol. The van der Waals surface area contributed by atoms with E-state index < -0.39 is 0 Å². The number of amides is 1. The van der Waals surface area contributed by atoms with Crippen LogP contribution in [-0.4, -0.2) is 39.9 Å². The normalized spacial score (nSPS) is 10.9. The maximum absolute atomic E-state index is 12.7. The van der Waals surface area contributed by atoms with Crippen LogP contribution in [0.3, 0.4) is 0 Å². The van der Waals surface area contributed by atoms with E-state index in [-0.39, 0.29) is 17.2 Å². The number of methoxy groups -OCH3 is 1. The number of carbonyl (C=O) groups is 1. The highest BCUT2D eigenvalue weighted by atomic mass is 35.5. The molecule has 28 heavy (non-hydrogen) atoms. The molecule has 1 aromatic carbocycles. The number of benzene rings is 1. The zero-order chi connectivity index (χ0) is 19.9. The van der Waals surface area contributed by atoms with Crippen LogP contribution >= 0.6 is 23.4 Å². The summed E-state index contributed by atoms with van der Waals surface area (Å²) in [7, 11) is 1.57. The van der Waals surface area contributed by atoms with Gasteiger partial charge in [0.1, 0.15) is 0 Å². The van der Waals surface area contributed by atoms with Gasteiger partial charge in [0, 0.05) is 24.9 Å². The maximum Gasteiger partial charge on any atom is 0.263 e. The smallest absolute Gasteiger partial charge is 0.263 e. The number of ether oxygens (including phenoxy) is 1. The van der Waals surface area contributed by atoms with Gasteiger partial charge in [-0.3, -0.25) is 14.2 Å². The van der Waals surface area contributed by atoms with Crippen LogP contribution in [0, 0.1) is 0 Å². The highest BCUT2D eigenvalue weighted by Gasteiger charge is 2.13. The second-order valence-corrected chi connectivity index (χ2v) is 7.29. The molecular weight excluding hydrogens is 400 g/mol. The first-order valence-electron chi connectivity index (χ1n) is 8.57. The summed E-state index contributed by atoms with van der Waals surface area (Å²) in [4.78, 5) is 33.6. The Kier molecular flexibility index (Phi) is 7.02. The number of halogens is 1. The lowest BCUT2D eigenvalue weighted by atomic mass is 10.2. The quantitative estimate of drug-likeness (QED) is 0.447. The number of fused-ring (bicyclic) bond motifs is 1. The van der Waals surface area contributed by atoms with Crippen molar-refractivity contribution >= 4 is 40.3 Å². The Bertz CT molecular complexity index is 1020. The van der Waals surface area contributed by atoms with Gasteiger partial charge < -0.3 is 10.1 Å². The summed E-state index contributed by atoms with van der Waals surface area (Å²) in [5.74, 6) is -0.0284. The molecule has 0 unspecified atom stereocenters. The molecule has 3 rings (SSSR count). The van der Waals surface area contributed by atoms with E-state index in [9.17, 15) is 9.59 Å². The predicted octanol–water partition coefficient (Wildman–Crippen LogP) is 2.50. The molecule has 1 N–H and O–H groups in total. The maximum atomic E-state index is 12.7. The molecule has 0 saturated carbocycles. The monoisotopic (exact) mass is 418 g/mol. The van der Waals surface area contributed by atoms with Gasteiger partial charge in [-0.1, -0.05) is 35.5 Å². The van der Waals surface area contributed by atoms with Crippen molar-refractivity contribution in [1.29, 1.82) is 0 Å². The minimum atomic E-state index is -0.195. The van der Waals surface area contributed by atoms with Crippen LogP contribution in [0.25, 0.3) is 11.0 Å². The number of carbonyl (C=O) groups excluding carboxylic acids is 1. The van der Waals surface area contributed by atoms with Gasteiger partial charge in [0.25, 0.3) is 5.56 Å². The number of pyridine rings is 1. The van der Waals surface area contributed by atoms with Crippen molar-refractivity contribution in [2.45, 2.75) is 18.2 Å². The molecule has 0 saturated heterocycles. The minimum Gasteiger partial charge on any atom is -0.383 e. The number of hydrogen-bond donors (Lipinski definition) is 1. The third-order valence-corrected chi connectivity index (χ3v) is 5.18. The van der Waals surface area contributed by atoms with Crippen LogP contribution in [0.2, 0.25) is 5.02 Å². The number of thioether (sulfide) groups is 1. The topological polar surface area (TPSA) is 86.1 Å². The molecule has 0 aliphatic rings. The highest BCUT2D eigenvalue weighted by Crippen LogP contribution is 2.17. The van der Waals surface area contributed by atoms with Crippen molar-refractivity contribution in [1.82, 2.24) is 19.9 Å². The molecule has 0 bridgehead atoms. The van der Waals surface area contributed by atoms with Gasteiger partial charge in [-0.05, 0) is 29.8 Å². The number of aromatic nitrogens is 3. The fourth-order valence-electron chi connectivity index (χ4n) is 2.51. The van der Waals surface area contributed by atoms with Crippen molar-refractivity contribution in [3.63, 3.8) is 0 Å². The van der Waals surface area contributed by atoms with Gasteiger partial charge in [-0.25, -0.2) is 9.97 Å². The summed E-state index contributed by atoms with van der Waals surface area (Å²) in [5.41, 5.74) is 1.12. The molecule has 1 amide bonds. The Morgan fingerprint density at radius 1 is 1.29 bits per heavy atom. The molecule has 0 spiro atoms. The average molecular weight is 419 g/mol. The molecule has 0 fully saturated rings. The second kappa shape index (κ2) is 9.68. The molecule has 146 valence electrons. The van der Waals surface area contributed by atoms with Crippen LogP contribution in [0.15, 0.2) is 52.5 Å². The molecule has 0 aliphatic heterocycles. The standard InChI is InChI=1S/C19H19ClN4O3S/c1-27-10-9-24-18(26)15-3-2-8-21-17(15)23-19(24)28-12-16(25)22-11-13-4-6-14(20)7-5-13/h2-8H,9-12H2,1H3,(H,22,25). The molecular formula is C19H19ClN4O3S. The van der Waals surface area contributed by atoms with Crippen LogP contribution in [-0.2, 0) is 22.6 Å². The van der Waals surface area contributed by atoms with Crippen LogP contribution < -0.4 is 10.9 Å². The Morgan fingerprint density at radius 3 is 2.82 bits per heavy atom. The number of rotatable bonds is 8. The van der Waals surface area contributed by atoms with E-state index in [1.54, 1.807) is 37.6 Å². The van der Waals surface area contributed by atoms with Gasteiger partial charge in [-0.15, -0.1) is 0 Å². The molecule has 0 radical (unpaired) electrons. The fourth-order valence-corrected chi connectivity index (χ4v) is 3.48. The van der Waals surface area contributed by atoms with E-state index in [0.717, 1.165) is 5.56 Å². The second-order valence-electron chi connectivity index (χ2n) is 5.91. The van der Waals surface area contributed by atoms with Crippen molar-refractivity contribution < 1.29 is 9.53 Å². The minimum absolute atomic E-state index is 0.130. The first-order valence-corrected chi connectivity index (χ1v) is 9.93. The summed E-state index contributed by atoms with van der Waals surface area (Å²) in [6.45, 7) is 1.12. The van der Waals surface area contributed by atoms with Crippen molar-refractivity contribution in [3.05, 3.63) is 63.5 Å². The Balaban J connectivity index is 1.70. The van der Waals surface area contributed by atoms with Gasteiger partial charge in [0.2, 0.25) is 5.91 Å². The third-order valence-electron chi connectivity index (χ3n) is 3.95. The van der Waals surface area contributed by atoms with Crippen LogP contribution in [0.5, 0.6) is 0 Å². The number of nitrogens with zero attached hydrogens (tertiary/aromatic N) is 3. The molecule has 0 aliphatic carbocycles. The summed E-state index contributed by atoms with van der Waals surface area (Å²) in [5, 5.41) is 4.37. The summed E-state index contributed by atoms with van der Waals surface area (Å²) in [6.07, 6.45) is 1.58. The lowest BCUT2D eigenvalue weighted by molar-refractivity contribution is -0.118. The lowest BCUT2D eigenvalue weighted by Gasteiger charge is -2.12. The van der Waals surface area contributed by atoms with E-state index in [1.165, 1.54) is 16.3 Å². The first-order chi connectivity index (χ1) is 13.6. The molecule has 2 heterocycles. The SMILES string of the molecule is COCCn1c(SCC(=O)NCc2ccc(Cl)cc2)nc2ncccc2c1=O. The molecule has 9 heteroatoms.